The van der Waals surface area contributed by atoms with E-state index in [0.717, 1.165) is 16.9 Å². The standard InChI is InChI=1S/C11H15NO2S/c1-8-3-4-9(11(12)15)7-10(8)14-6-2-5-13/h3-4,7,13H,2,5-6H2,1H3,(H2,12,15). The van der Waals surface area contributed by atoms with E-state index >= 15 is 0 Å². The van der Waals surface area contributed by atoms with Crippen molar-refractivity contribution in [1.29, 1.82) is 0 Å². The highest BCUT2D eigenvalue weighted by Crippen LogP contribution is 2.19. The zero-order valence-electron chi connectivity index (χ0n) is 8.69. The molecule has 3 N–H and O–H groups in total. The molecular weight excluding hydrogens is 210 g/mol. The van der Waals surface area contributed by atoms with Crippen LogP contribution in [-0.2, 0) is 0 Å². The highest BCUT2D eigenvalue weighted by atomic mass is 32.1. The molecule has 0 aliphatic rings. The first kappa shape index (κ1) is 11.9. The van der Waals surface area contributed by atoms with Gasteiger partial charge >= 0.3 is 0 Å². The Hall–Kier alpha value is -1.13. The van der Waals surface area contributed by atoms with E-state index in [0.29, 0.717) is 18.0 Å². The van der Waals surface area contributed by atoms with Crippen LogP contribution in [0.2, 0.25) is 0 Å². The maximum Gasteiger partial charge on any atom is 0.122 e. The molecule has 82 valence electrons. The summed E-state index contributed by atoms with van der Waals surface area (Å²) in [6, 6.07) is 5.62. The number of hydrogen-bond donors (Lipinski definition) is 2. The van der Waals surface area contributed by atoms with Gasteiger partial charge in [0.05, 0.1) is 6.61 Å². The van der Waals surface area contributed by atoms with Gasteiger partial charge in [-0.15, -0.1) is 0 Å². The second kappa shape index (κ2) is 5.68. The molecule has 3 nitrogen and oxygen atoms in total. The van der Waals surface area contributed by atoms with Gasteiger partial charge in [-0.2, -0.15) is 0 Å². The monoisotopic (exact) mass is 225 g/mol. The third kappa shape index (κ3) is 3.49. The van der Waals surface area contributed by atoms with Gasteiger partial charge in [-0.05, 0) is 18.6 Å². The summed E-state index contributed by atoms with van der Waals surface area (Å²) in [5, 5.41) is 8.64. The summed E-state index contributed by atoms with van der Waals surface area (Å²) in [6.07, 6.45) is 0.622. The summed E-state index contributed by atoms with van der Waals surface area (Å²) in [4.78, 5) is 0.363. The molecule has 0 aromatic heterocycles. The lowest BCUT2D eigenvalue weighted by Gasteiger charge is -2.09. The summed E-state index contributed by atoms with van der Waals surface area (Å²) < 4.78 is 5.49. The Bertz CT molecular complexity index is 352. The van der Waals surface area contributed by atoms with Gasteiger partial charge in [0.1, 0.15) is 10.7 Å². The average Bonchev–Trinajstić information content (AvgIpc) is 2.20. The summed E-state index contributed by atoms with van der Waals surface area (Å²) in [5.41, 5.74) is 7.36. The van der Waals surface area contributed by atoms with Crippen molar-refractivity contribution in [3.8, 4) is 5.75 Å². The van der Waals surface area contributed by atoms with Crippen molar-refractivity contribution < 1.29 is 9.84 Å². The molecule has 0 amide bonds. The lowest BCUT2D eigenvalue weighted by Crippen LogP contribution is -2.10. The molecule has 1 rings (SSSR count). The maximum atomic E-state index is 8.64. The number of benzene rings is 1. The molecule has 15 heavy (non-hydrogen) atoms. The van der Waals surface area contributed by atoms with Gasteiger partial charge in [0.15, 0.2) is 0 Å². The van der Waals surface area contributed by atoms with Crippen LogP contribution in [0.4, 0.5) is 0 Å². The highest BCUT2D eigenvalue weighted by molar-refractivity contribution is 7.80. The molecule has 0 spiro atoms. The Kier molecular flexibility index (Phi) is 4.52. The Balaban J connectivity index is 2.76. The van der Waals surface area contributed by atoms with Crippen LogP contribution in [-0.4, -0.2) is 23.3 Å². The first-order valence-electron chi connectivity index (χ1n) is 4.79. The number of hydrogen-bond acceptors (Lipinski definition) is 3. The minimum absolute atomic E-state index is 0.133. The van der Waals surface area contributed by atoms with Crippen LogP contribution in [0.25, 0.3) is 0 Å². The fourth-order valence-electron chi connectivity index (χ4n) is 1.16. The maximum absolute atomic E-state index is 8.64. The van der Waals surface area contributed by atoms with Gasteiger partial charge < -0.3 is 15.6 Å². The van der Waals surface area contributed by atoms with Gasteiger partial charge in [0.25, 0.3) is 0 Å². The number of aliphatic hydroxyl groups excluding tert-OH is 1. The van der Waals surface area contributed by atoms with Crippen molar-refractivity contribution in [2.75, 3.05) is 13.2 Å². The summed E-state index contributed by atoms with van der Waals surface area (Å²) >= 11 is 4.88. The molecule has 0 atom stereocenters. The van der Waals surface area contributed by atoms with Gasteiger partial charge in [-0.25, -0.2) is 0 Å². The van der Waals surface area contributed by atoms with Crippen LogP contribution in [0.1, 0.15) is 17.5 Å². The fraction of sp³-hybridized carbons (Fsp3) is 0.364. The Labute approximate surface area is 94.9 Å². The van der Waals surface area contributed by atoms with Crippen LogP contribution in [0.15, 0.2) is 18.2 Å². The first-order valence-corrected chi connectivity index (χ1v) is 5.20. The minimum Gasteiger partial charge on any atom is -0.493 e. The third-order valence-electron chi connectivity index (χ3n) is 2.03. The number of aliphatic hydroxyl groups is 1. The van der Waals surface area contributed by atoms with Crippen LogP contribution in [0.3, 0.4) is 0 Å². The molecule has 0 unspecified atom stereocenters. The van der Waals surface area contributed by atoms with E-state index in [9.17, 15) is 0 Å². The highest BCUT2D eigenvalue weighted by Gasteiger charge is 2.03. The molecule has 0 fully saturated rings. The molecule has 0 saturated carbocycles. The molecular formula is C11H15NO2S. The molecule has 0 radical (unpaired) electrons. The predicted molar refractivity (Wildman–Crippen MR) is 64.3 cm³/mol. The van der Waals surface area contributed by atoms with Crippen molar-refractivity contribution in [2.45, 2.75) is 13.3 Å². The Morgan fingerprint density at radius 3 is 2.87 bits per heavy atom. The predicted octanol–water partition coefficient (Wildman–Crippen LogP) is 1.39. The molecule has 0 aliphatic carbocycles. The normalized spacial score (nSPS) is 10.0. The van der Waals surface area contributed by atoms with Crippen molar-refractivity contribution in [3.63, 3.8) is 0 Å². The lowest BCUT2D eigenvalue weighted by atomic mass is 10.1. The summed E-state index contributed by atoms with van der Waals surface area (Å²) in [5.74, 6) is 0.772. The van der Waals surface area contributed by atoms with Crippen molar-refractivity contribution in [2.24, 2.45) is 5.73 Å². The Morgan fingerprint density at radius 1 is 1.53 bits per heavy atom. The topological polar surface area (TPSA) is 55.5 Å². The van der Waals surface area contributed by atoms with E-state index in [1.54, 1.807) is 0 Å². The van der Waals surface area contributed by atoms with Crippen LogP contribution >= 0.6 is 12.2 Å². The number of thiocarbonyl (C=S) groups is 1. The molecule has 0 saturated heterocycles. The molecule has 1 aromatic rings. The zero-order chi connectivity index (χ0) is 11.3. The molecule has 1 aromatic carbocycles. The second-order valence-electron chi connectivity index (χ2n) is 3.27. The molecule has 0 bridgehead atoms. The average molecular weight is 225 g/mol. The van der Waals surface area contributed by atoms with Gasteiger partial charge in [-0.3, -0.25) is 0 Å². The van der Waals surface area contributed by atoms with E-state index in [-0.39, 0.29) is 6.61 Å². The fourth-order valence-corrected chi connectivity index (χ4v) is 1.28. The van der Waals surface area contributed by atoms with Gasteiger partial charge in [0, 0.05) is 18.6 Å². The van der Waals surface area contributed by atoms with E-state index < -0.39 is 0 Å². The smallest absolute Gasteiger partial charge is 0.122 e. The third-order valence-corrected chi connectivity index (χ3v) is 2.27. The lowest BCUT2D eigenvalue weighted by molar-refractivity contribution is 0.233. The summed E-state index contributed by atoms with van der Waals surface area (Å²) in [6.45, 7) is 2.59. The Morgan fingerprint density at radius 2 is 2.27 bits per heavy atom. The number of rotatable bonds is 5. The van der Waals surface area contributed by atoms with E-state index in [1.807, 2.05) is 25.1 Å². The molecule has 0 heterocycles. The largest absolute Gasteiger partial charge is 0.493 e. The van der Waals surface area contributed by atoms with Crippen LogP contribution in [0, 0.1) is 6.92 Å². The van der Waals surface area contributed by atoms with Gasteiger partial charge in [0.2, 0.25) is 0 Å². The van der Waals surface area contributed by atoms with E-state index in [1.165, 1.54) is 0 Å². The van der Waals surface area contributed by atoms with E-state index in [4.69, 9.17) is 27.8 Å². The quantitative estimate of drug-likeness (QED) is 0.587. The van der Waals surface area contributed by atoms with E-state index in [2.05, 4.69) is 0 Å². The van der Waals surface area contributed by atoms with Crippen molar-refractivity contribution >= 4 is 17.2 Å². The zero-order valence-corrected chi connectivity index (χ0v) is 9.51. The summed E-state index contributed by atoms with van der Waals surface area (Å²) in [7, 11) is 0. The first-order chi connectivity index (χ1) is 7.15. The SMILES string of the molecule is Cc1ccc(C(N)=S)cc1OCCCO. The van der Waals surface area contributed by atoms with Crippen LogP contribution in [0.5, 0.6) is 5.75 Å². The van der Waals surface area contributed by atoms with Crippen molar-refractivity contribution in [3.05, 3.63) is 29.3 Å². The molecule has 4 heteroatoms. The molecule has 0 aliphatic heterocycles. The number of nitrogens with two attached hydrogens (primary N) is 1. The minimum atomic E-state index is 0.133. The second-order valence-corrected chi connectivity index (χ2v) is 3.71. The van der Waals surface area contributed by atoms with Gasteiger partial charge in [-0.1, -0.05) is 24.4 Å². The number of ether oxygens (including phenoxy) is 1. The number of aryl methyl sites for hydroxylation is 1. The van der Waals surface area contributed by atoms with Crippen LogP contribution < -0.4 is 10.5 Å². The van der Waals surface area contributed by atoms with Crippen molar-refractivity contribution in [1.82, 2.24) is 0 Å².